The van der Waals surface area contributed by atoms with E-state index >= 15 is 0 Å². The van der Waals surface area contributed by atoms with Gasteiger partial charge in [0.15, 0.2) is 0 Å². The van der Waals surface area contributed by atoms with Crippen LogP contribution in [0.1, 0.15) is 29.7 Å². The number of nitriles is 1. The Morgan fingerprint density at radius 1 is 1.25 bits per heavy atom. The van der Waals surface area contributed by atoms with Gasteiger partial charge in [-0.15, -0.1) is 0 Å². The summed E-state index contributed by atoms with van der Waals surface area (Å²) in [5, 5.41) is 10.4. The standard InChI is InChI=1S/C22H18BrFN4/c1-13-10-27(20-5-4-14(9-25)22-16(20)3-2-6-26-22)12-21-17-8-19(24)18(23)7-15(17)11-28(13)21/h2-8,13,21H,10-12H2,1H3/t13-,21-/m1/s1. The average Bonchev–Trinajstić information content (AvgIpc) is 3.05. The Balaban J connectivity index is 1.58. The van der Waals surface area contributed by atoms with Crippen LogP contribution < -0.4 is 4.90 Å². The van der Waals surface area contributed by atoms with Crippen LogP contribution >= 0.6 is 15.9 Å². The van der Waals surface area contributed by atoms with E-state index < -0.39 is 0 Å². The first-order chi connectivity index (χ1) is 13.6. The normalized spacial score (nSPS) is 21.4. The second-order valence-electron chi connectivity index (χ2n) is 7.55. The number of benzene rings is 2. The van der Waals surface area contributed by atoms with Crippen molar-refractivity contribution in [3.8, 4) is 6.07 Å². The zero-order valence-corrected chi connectivity index (χ0v) is 16.9. The molecule has 3 heterocycles. The minimum absolute atomic E-state index is 0.156. The van der Waals surface area contributed by atoms with E-state index in [2.05, 4.69) is 43.7 Å². The summed E-state index contributed by atoms with van der Waals surface area (Å²) in [4.78, 5) is 9.24. The van der Waals surface area contributed by atoms with E-state index in [1.807, 2.05) is 30.3 Å². The van der Waals surface area contributed by atoms with Crippen LogP contribution in [0.2, 0.25) is 0 Å². The molecule has 1 saturated heterocycles. The van der Waals surface area contributed by atoms with Crippen molar-refractivity contribution in [3.63, 3.8) is 0 Å². The summed E-state index contributed by atoms with van der Waals surface area (Å²) >= 11 is 3.32. The van der Waals surface area contributed by atoms with E-state index in [-0.39, 0.29) is 11.9 Å². The van der Waals surface area contributed by atoms with Crippen LogP contribution in [-0.2, 0) is 6.54 Å². The molecule has 1 aromatic heterocycles. The molecule has 2 aromatic carbocycles. The van der Waals surface area contributed by atoms with Gasteiger partial charge in [0.05, 0.1) is 21.6 Å². The summed E-state index contributed by atoms with van der Waals surface area (Å²) in [7, 11) is 0. The summed E-state index contributed by atoms with van der Waals surface area (Å²) < 4.78 is 14.8. The number of hydrogen-bond donors (Lipinski definition) is 0. The fourth-order valence-corrected chi connectivity index (χ4v) is 5.02. The Hall–Kier alpha value is -2.49. The third kappa shape index (κ3) is 2.61. The van der Waals surface area contributed by atoms with Gasteiger partial charge in [-0.25, -0.2) is 4.39 Å². The highest BCUT2D eigenvalue weighted by Crippen LogP contribution is 2.42. The Morgan fingerprint density at radius 2 is 2.11 bits per heavy atom. The third-order valence-corrected chi connectivity index (χ3v) is 6.55. The zero-order valence-electron chi connectivity index (χ0n) is 15.4. The van der Waals surface area contributed by atoms with E-state index in [4.69, 9.17) is 0 Å². The highest BCUT2D eigenvalue weighted by Gasteiger charge is 2.39. The summed E-state index contributed by atoms with van der Waals surface area (Å²) in [6.07, 6.45) is 1.72. The van der Waals surface area contributed by atoms with Crippen molar-refractivity contribution in [1.29, 1.82) is 5.26 Å². The van der Waals surface area contributed by atoms with E-state index in [9.17, 15) is 9.65 Å². The first kappa shape index (κ1) is 17.6. The molecule has 4 nitrogen and oxygen atoms in total. The highest BCUT2D eigenvalue weighted by atomic mass is 79.9. The third-order valence-electron chi connectivity index (χ3n) is 5.95. The SMILES string of the molecule is C[C@@H]1CN(c2ccc(C#N)c3ncccc23)C[C@@H]2c3cc(F)c(Br)cc3CN12. The van der Waals surface area contributed by atoms with Gasteiger partial charge in [-0.1, -0.05) is 0 Å². The van der Waals surface area contributed by atoms with Gasteiger partial charge in [0.25, 0.3) is 0 Å². The van der Waals surface area contributed by atoms with Crippen molar-refractivity contribution in [2.24, 2.45) is 0 Å². The van der Waals surface area contributed by atoms with Crippen molar-refractivity contribution in [2.45, 2.75) is 25.6 Å². The Labute approximate surface area is 171 Å². The molecule has 0 N–H and O–H groups in total. The van der Waals surface area contributed by atoms with Crippen LogP contribution in [0.4, 0.5) is 10.1 Å². The van der Waals surface area contributed by atoms with Crippen LogP contribution in [0.25, 0.3) is 10.9 Å². The average molecular weight is 437 g/mol. The molecule has 140 valence electrons. The molecule has 5 rings (SSSR count). The molecule has 2 aliphatic heterocycles. The molecule has 6 heteroatoms. The summed E-state index contributed by atoms with van der Waals surface area (Å²) in [6.45, 7) is 4.74. The molecular formula is C22H18BrFN4. The van der Waals surface area contributed by atoms with E-state index in [1.54, 1.807) is 12.3 Å². The van der Waals surface area contributed by atoms with Crippen LogP contribution in [0.15, 0.2) is 47.1 Å². The molecule has 3 aromatic rings. The van der Waals surface area contributed by atoms with Gasteiger partial charge in [-0.2, -0.15) is 5.26 Å². The minimum Gasteiger partial charge on any atom is -0.368 e. The lowest BCUT2D eigenvalue weighted by atomic mass is 10.00. The number of nitrogens with zero attached hydrogens (tertiary/aromatic N) is 4. The van der Waals surface area contributed by atoms with Gasteiger partial charge in [0.1, 0.15) is 11.9 Å². The molecule has 0 amide bonds. The molecule has 0 aliphatic carbocycles. The molecule has 2 atom stereocenters. The summed E-state index contributed by atoms with van der Waals surface area (Å²) in [5.41, 5.74) is 4.68. The molecule has 1 fully saturated rings. The lowest BCUT2D eigenvalue weighted by Gasteiger charge is -2.43. The molecule has 2 aliphatic rings. The molecule has 0 radical (unpaired) electrons. The smallest absolute Gasteiger partial charge is 0.137 e. The molecule has 28 heavy (non-hydrogen) atoms. The maximum absolute atomic E-state index is 14.2. The van der Waals surface area contributed by atoms with Crippen molar-refractivity contribution in [3.05, 3.63) is 69.6 Å². The number of halogens is 2. The van der Waals surface area contributed by atoms with Gasteiger partial charge < -0.3 is 4.90 Å². The van der Waals surface area contributed by atoms with Crippen molar-refractivity contribution in [1.82, 2.24) is 9.88 Å². The zero-order chi connectivity index (χ0) is 19.4. The van der Waals surface area contributed by atoms with Crippen LogP contribution in [0.3, 0.4) is 0 Å². The minimum atomic E-state index is -0.210. The van der Waals surface area contributed by atoms with Crippen LogP contribution in [-0.4, -0.2) is 29.0 Å². The first-order valence-electron chi connectivity index (χ1n) is 9.33. The quantitative estimate of drug-likeness (QED) is 0.550. The fraction of sp³-hybridized carbons (Fsp3) is 0.273. The Kier molecular flexibility index (Phi) is 4.11. The summed E-state index contributed by atoms with van der Waals surface area (Å²) in [6, 6.07) is 14.1. The highest BCUT2D eigenvalue weighted by molar-refractivity contribution is 9.10. The molecule has 0 unspecified atom stereocenters. The van der Waals surface area contributed by atoms with Gasteiger partial charge >= 0.3 is 0 Å². The van der Waals surface area contributed by atoms with Crippen molar-refractivity contribution >= 4 is 32.5 Å². The number of piperazine rings is 1. The first-order valence-corrected chi connectivity index (χ1v) is 10.1. The van der Waals surface area contributed by atoms with E-state index in [0.29, 0.717) is 16.1 Å². The second-order valence-corrected chi connectivity index (χ2v) is 8.41. The predicted molar refractivity (Wildman–Crippen MR) is 111 cm³/mol. The molecule has 0 bridgehead atoms. The van der Waals surface area contributed by atoms with Gasteiger partial charge in [-0.05, 0) is 70.4 Å². The fourth-order valence-electron chi connectivity index (χ4n) is 4.63. The van der Waals surface area contributed by atoms with Gasteiger partial charge in [-0.3, -0.25) is 9.88 Å². The Morgan fingerprint density at radius 3 is 2.93 bits per heavy atom. The number of aromatic nitrogens is 1. The number of pyridine rings is 1. The lowest BCUT2D eigenvalue weighted by Crippen LogP contribution is -2.51. The van der Waals surface area contributed by atoms with E-state index in [0.717, 1.165) is 41.8 Å². The lowest BCUT2D eigenvalue weighted by molar-refractivity contribution is 0.134. The van der Waals surface area contributed by atoms with Crippen molar-refractivity contribution in [2.75, 3.05) is 18.0 Å². The van der Waals surface area contributed by atoms with Gasteiger partial charge in [0, 0.05) is 42.9 Å². The predicted octanol–water partition coefficient (Wildman–Crippen LogP) is 4.77. The second kappa shape index (κ2) is 6.54. The Bertz CT molecular complexity index is 1140. The monoisotopic (exact) mass is 436 g/mol. The maximum atomic E-state index is 14.2. The number of anilines is 1. The maximum Gasteiger partial charge on any atom is 0.137 e. The van der Waals surface area contributed by atoms with Gasteiger partial charge in [0.2, 0.25) is 0 Å². The molecule has 0 saturated carbocycles. The molecular weight excluding hydrogens is 419 g/mol. The van der Waals surface area contributed by atoms with Crippen LogP contribution in [0, 0.1) is 17.1 Å². The number of hydrogen-bond acceptors (Lipinski definition) is 4. The van der Waals surface area contributed by atoms with Crippen LogP contribution in [0.5, 0.6) is 0 Å². The largest absolute Gasteiger partial charge is 0.368 e. The number of fused-ring (bicyclic) bond motifs is 4. The molecule has 0 spiro atoms. The topological polar surface area (TPSA) is 43.2 Å². The van der Waals surface area contributed by atoms with E-state index in [1.165, 1.54) is 5.56 Å². The van der Waals surface area contributed by atoms with Crippen molar-refractivity contribution < 1.29 is 4.39 Å². The summed E-state index contributed by atoms with van der Waals surface area (Å²) in [5.74, 6) is -0.210. The number of rotatable bonds is 1.